The van der Waals surface area contributed by atoms with Crippen molar-refractivity contribution in [3.8, 4) is 0 Å². The maximum atomic E-state index is 13.2. The lowest BCUT2D eigenvalue weighted by Gasteiger charge is -2.44. The molecule has 2 atom stereocenters. The monoisotopic (exact) mass is 625 g/mol. The first-order chi connectivity index (χ1) is 21.2. The molecule has 6 rings (SSSR count). The fourth-order valence-electron chi connectivity index (χ4n) is 6.32. The quantitative estimate of drug-likeness (QED) is 0.203. The fraction of sp³-hybridized carbons (Fsp3) is 0.286. The number of fused-ring (bicyclic) bond motifs is 4. The normalized spacial score (nSPS) is 17.0. The summed E-state index contributed by atoms with van der Waals surface area (Å²) in [6, 6.07) is 25.1. The van der Waals surface area contributed by atoms with Crippen LogP contribution in [0.1, 0.15) is 45.1 Å². The molecule has 2 unspecified atom stereocenters. The second kappa shape index (κ2) is 12.8. The molecule has 0 aliphatic carbocycles. The number of nitrogens with zero attached hydrogens (tertiary/aromatic N) is 2. The van der Waals surface area contributed by atoms with E-state index in [2.05, 4.69) is 52.9 Å². The Morgan fingerprint density at radius 3 is 2.55 bits per heavy atom. The number of carbonyl (C=O) groups is 1. The predicted molar refractivity (Wildman–Crippen MR) is 183 cm³/mol. The van der Waals surface area contributed by atoms with Crippen molar-refractivity contribution in [1.82, 2.24) is 9.88 Å². The SMILES string of the molecule is Cc1ccc(NC(=S)Nc2cc(C(=O)NCCc3ccc(Cl)cc3)ccc2N2CC3CC(C2)c2cccc(=O)n2C3)cc1C. The molecule has 0 spiro atoms. The number of anilines is 3. The number of piperidine rings is 1. The number of rotatable bonds is 7. The average molecular weight is 626 g/mol. The molecule has 7 nitrogen and oxygen atoms in total. The molecule has 9 heteroatoms. The van der Waals surface area contributed by atoms with E-state index < -0.39 is 0 Å². The molecule has 3 aromatic carbocycles. The maximum absolute atomic E-state index is 13.2. The first kappa shape index (κ1) is 29.9. The van der Waals surface area contributed by atoms with Crippen molar-refractivity contribution in [3.05, 3.63) is 122 Å². The number of aryl methyl sites for hydroxylation is 2. The van der Waals surface area contributed by atoms with E-state index in [0.717, 1.165) is 47.8 Å². The van der Waals surface area contributed by atoms with Gasteiger partial charge in [0.2, 0.25) is 0 Å². The van der Waals surface area contributed by atoms with Crippen molar-refractivity contribution in [2.24, 2.45) is 5.92 Å². The smallest absolute Gasteiger partial charge is 0.251 e. The van der Waals surface area contributed by atoms with E-state index in [0.29, 0.717) is 41.1 Å². The molecule has 2 aliphatic rings. The summed E-state index contributed by atoms with van der Waals surface area (Å²) in [6.07, 6.45) is 1.76. The Bertz CT molecular complexity index is 1770. The molecule has 1 amide bonds. The van der Waals surface area contributed by atoms with Crippen LogP contribution in [0.3, 0.4) is 0 Å². The zero-order chi connectivity index (χ0) is 30.8. The third-order valence-electron chi connectivity index (χ3n) is 8.70. The van der Waals surface area contributed by atoms with Crippen LogP contribution in [0, 0.1) is 19.8 Å². The fourth-order valence-corrected chi connectivity index (χ4v) is 6.68. The molecule has 226 valence electrons. The first-order valence-corrected chi connectivity index (χ1v) is 15.8. The molecule has 3 N–H and O–H groups in total. The van der Waals surface area contributed by atoms with E-state index in [-0.39, 0.29) is 17.4 Å². The Kier molecular flexibility index (Phi) is 8.73. The van der Waals surface area contributed by atoms with Crippen molar-refractivity contribution in [2.45, 2.75) is 39.2 Å². The van der Waals surface area contributed by atoms with Crippen LogP contribution >= 0.6 is 23.8 Å². The Balaban J connectivity index is 1.23. The van der Waals surface area contributed by atoms with Crippen LogP contribution < -0.4 is 26.4 Å². The van der Waals surface area contributed by atoms with Gasteiger partial charge in [-0.2, -0.15) is 0 Å². The van der Waals surface area contributed by atoms with E-state index in [4.69, 9.17) is 23.8 Å². The highest BCUT2D eigenvalue weighted by Crippen LogP contribution is 2.39. The van der Waals surface area contributed by atoms with Crippen LogP contribution in [0.15, 0.2) is 83.7 Å². The van der Waals surface area contributed by atoms with Crippen LogP contribution in [0.2, 0.25) is 5.02 Å². The highest BCUT2D eigenvalue weighted by atomic mass is 35.5. The third kappa shape index (κ3) is 6.66. The topological polar surface area (TPSA) is 78.4 Å². The van der Waals surface area contributed by atoms with Crippen LogP contribution in [0.25, 0.3) is 0 Å². The van der Waals surface area contributed by atoms with Gasteiger partial charge in [-0.25, -0.2) is 0 Å². The van der Waals surface area contributed by atoms with Crippen LogP contribution in [0.5, 0.6) is 0 Å². The minimum atomic E-state index is -0.148. The summed E-state index contributed by atoms with van der Waals surface area (Å²) in [4.78, 5) is 28.2. The minimum Gasteiger partial charge on any atom is -0.369 e. The molecule has 1 saturated heterocycles. The maximum Gasteiger partial charge on any atom is 0.251 e. The van der Waals surface area contributed by atoms with Gasteiger partial charge in [0.05, 0.1) is 11.4 Å². The van der Waals surface area contributed by atoms with Gasteiger partial charge >= 0.3 is 0 Å². The highest BCUT2D eigenvalue weighted by Gasteiger charge is 2.35. The molecule has 4 aromatic rings. The Morgan fingerprint density at radius 2 is 1.75 bits per heavy atom. The van der Waals surface area contributed by atoms with Gasteiger partial charge in [-0.15, -0.1) is 0 Å². The van der Waals surface area contributed by atoms with Gasteiger partial charge in [-0.3, -0.25) is 9.59 Å². The summed E-state index contributed by atoms with van der Waals surface area (Å²) in [6.45, 7) is 6.96. The van der Waals surface area contributed by atoms with Gasteiger partial charge < -0.3 is 25.4 Å². The van der Waals surface area contributed by atoms with Gasteiger partial charge in [0.15, 0.2) is 5.11 Å². The first-order valence-electron chi connectivity index (χ1n) is 15.0. The second-order valence-electron chi connectivity index (χ2n) is 11.8. The van der Waals surface area contributed by atoms with Crippen LogP contribution in [-0.4, -0.2) is 35.2 Å². The summed E-state index contributed by atoms with van der Waals surface area (Å²) in [5, 5.41) is 10.9. The van der Waals surface area contributed by atoms with Crippen molar-refractivity contribution in [1.29, 1.82) is 0 Å². The number of hydrogen-bond donors (Lipinski definition) is 3. The lowest BCUT2D eigenvalue weighted by molar-refractivity contribution is 0.0954. The van der Waals surface area contributed by atoms with Gasteiger partial charge in [-0.1, -0.05) is 35.9 Å². The molecular weight excluding hydrogens is 590 g/mol. The summed E-state index contributed by atoms with van der Waals surface area (Å²) < 4.78 is 1.94. The zero-order valence-electron chi connectivity index (χ0n) is 24.9. The van der Waals surface area contributed by atoms with Crippen molar-refractivity contribution in [3.63, 3.8) is 0 Å². The molecule has 0 saturated carbocycles. The predicted octanol–water partition coefficient (Wildman–Crippen LogP) is 6.52. The minimum absolute atomic E-state index is 0.0715. The highest BCUT2D eigenvalue weighted by molar-refractivity contribution is 7.80. The van der Waals surface area contributed by atoms with E-state index in [1.54, 1.807) is 6.07 Å². The van der Waals surface area contributed by atoms with E-state index in [1.165, 1.54) is 11.1 Å². The molecule has 2 bridgehead atoms. The largest absolute Gasteiger partial charge is 0.369 e. The number of carbonyl (C=O) groups excluding carboxylic acids is 1. The standard InChI is InChI=1S/C35H36ClN5O2S/c1-22-6-12-29(16-23(22)2)38-35(44)39-30-18-26(34(43)37-15-14-24-7-10-28(36)11-8-24)9-13-32(30)40-19-25-17-27(21-40)31-4-3-5-33(42)41(31)20-25/h3-13,16,18,25,27H,14-15,17,19-21H2,1-2H3,(H,37,43)(H2,38,39,44). The number of halogens is 1. The molecule has 2 aliphatic heterocycles. The number of pyridine rings is 1. The summed E-state index contributed by atoms with van der Waals surface area (Å²) in [5.41, 5.74) is 7.86. The second-order valence-corrected chi connectivity index (χ2v) is 12.7. The van der Waals surface area contributed by atoms with E-state index in [1.807, 2.05) is 59.2 Å². The molecule has 1 aromatic heterocycles. The van der Waals surface area contributed by atoms with Gasteiger partial charge in [-0.05, 0) is 110 Å². The molecular formula is C35H36ClN5O2S. The van der Waals surface area contributed by atoms with Gasteiger partial charge in [0.25, 0.3) is 11.5 Å². The van der Waals surface area contributed by atoms with Gasteiger partial charge in [0.1, 0.15) is 0 Å². The van der Waals surface area contributed by atoms with E-state index >= 15 is 0 Å². The Labute approximate surface area is 268 Å². The average Bonchev–Trinajstić information content (AvgIpc) is 3.00. The lowest BCUT2D eigenvalue weighted by atomic mass is 9.83. The van der Waals surface area contributed by atoms with Crippen molar-refractivity contribution < 1.29 is 4.79 Å². The van der Waals surface area contributed by atoms with Crippen LogP contribution in [0.4, 0.5) is 17.1 Å². The summed E-state index contributed by atoms with van der Waals surface area (Å²) >= 11 is 11.8. The van der Waals surface area contributed by atoms with E-state index in [9.17, 15) is 9.59 Å². The number of aromatic nitrogens is 1. The Hall–Kier alpha value is -4.14. The summed E-state index contributed by atoms with van der Waals surface area (Å²) in [7, 11) is 0. The molecule has 3 heterocycles. The van der Waals surface area contributed by atoms with Crippen LogP contribution in [-0.2, 0) is 13.0 Å². The zero-order valence-corrected chi connectivity index (χ0v) is 26.5. The number of amides is 1. The summed E-state index contributed by atoms with van der Waals surface area (Å²) in [5.74, 6) is 0.455. The van der Waals surface area contributed by atoms with Crippen molar-refractivity contribution >= 4 is 51.9 Å². The number of nitrogens with one attached hydrogen (secondary N) is 3. The lowest BCUT2D eigenvalue weighted by Crippen LogP contribution is -2.47. The number of hydrogen-bond acceptors (Lipinski definition) is 4. The van der Waals surface area contributed by atoms with Gasteiger partial charge in [0, 0.05) is 60.1 Å². The molecule has 0 radical (unpaired) electrons. The molecule has 44 heavy (non-hydrogen) atoms. The number of benzene rings is 3. The Morgan fingerprint density at radius 1 is 0.932 bits per heavy atom. The van der Waals surface area contributed by atoms with Crippen molar-refractivity contribution in [2.75, 3.05) is 35.2 Å². The molecule has 1 fully saturated rings. The third-order valence-corrected chi connectivity index (χ3v) is 9.16. The number of thiocarbonyl (C=S) groups is 1.